The van der Waals surface area contributed by atoms with Crippen molar-refractivity contribution in [2.24, 2.45) is 0 Å². The summed E-state index contributed by atoms with van der Waals surface area (Å²) in [7, 11) is 0. The van der Waals surface area contributed by atoms with Gasteiger partial charge in [-0.15, -0.1) is 0 Å². The van der Waals surface area contributed by atoms with Crippen LogP contribution in [0.2, 0.25) is 0 Å². The Kier molecular flexibility index (Phi) is 2.60. The molecule has 1 aromatic carbocycles. The van der Waals surface area contributed by atoms with E-state index in [4.69, 9.17) is 0 Å². The second-order valence-corrected chi connectivity index (χ2v) is 3.94. The zero-order valence-electron chi connectivity index (χ0n) is 8.92. The normalized spacial score (nSPS) is 19.1. The van der Waals surface area contributed by atoms with Gasteiger partial charge < -0.3 is 4.90 Å². The van der Waals surface area contributed by atoms with Crippen molar-refractivity contribution in [3.05, 3.63) is 39.9 Å². The monoisotopic (exact) mass is 220 g/mol. The Balaban J connectivity index is 2.15. The SMILES string of the molecule is CC1CCN1C(=O)c1ccc([N+](=O)[O-])cc1. The first kappa shape index (κ1) is 10.6. The van der Waals surface area contributed by atoms with E-state index in [1.807, 2.05) is 6.92 Å². The van der Waals surface area contributed by atoms with Crippen LogP contribution in [0, 0.1) is 10.1 Å². The van der Waals surface area contributed by atoms with E-state index in [1.165, 1.54) is 24.3 Å². The summed E-state index contributed by atoms with van der Waals surface area (Å²) in [5.74, 6) is -0.0475. The molecule has 1 unspecified atom stereocenters. The van der Waals surface area contributed by atoms with Crippen molar-refractivity contribution < 1.29 is 9.72 Å². The molecule has 84 valence electrons. The number of non-ortho nitro benzene ring substituents is 1. The molecule has 0 spiro atoms. The van der Waals surface area contributed by atoms with Crippen LogP contribution in [0.4, 0.5) is 5.69 Å². The van der Waals surface area contributed by atoms with E-state index in [0.717, 1.165) is 13.0 Å². The zero-order valence-corrected chi connectivity index (χ0v) is 8.92. The van der Waals surface area contributed by atoms with Crippen LogP contribution in [0.15, 0.2) is 24.3 Å². The second-order valence-electron chi connectivity index (χ2n) is 3.94. The van der Waals surface area contributed by atoms with Gasteiger partial charge in [0.1, 0.15) is 0 Å². The lowest BCUT2D eigenvalue weighted by molar-refractivity contribution is -0.384. The lowest BCUT2D eigenvalue weighted by atomic mass is 10.0. The van der Waals surface area contributed by atoms with Crippen molar-refractivity contribution in [2.45, 2.75) is 19.4 Å². The Morgan fingerprint density at radius 1 is 1.44 bits per heavy atom. The third-order valence-corrected chi connectivity index (χ3v) is 2.91. The number of nitro benzene ring substituents is 1. The second kappa shape index (κ2) is 3.92. The summed E-state index contributed by atoms with van der Waals surface area (Å²) in [6.45, 7) is 2.77. The number of nitro groups is 1. The van der Waals surface area contributed by atoms with Gasteiger partial charge in [0.15, 0.2) is 0 Å². The molecule has 2 rings (SSSR count). The Labute approximate surface area is 92.8 Å². The molecule has 1 aliphatic heterocycles. The van der Waals surface area contributed by atoms with Crippen molar-refractivity contribution in [3.8, 4) is 0 Å². The Morgan fingerprint density at radius 3 is 2.44 bits per heavy atom. The lowest BCUT2D eigenvalue weighted by Crippen LogP contribution is -2.49. The summed E-state index contributed by atoms with van der Waals surface area (Å²) in [4.78, 5) is 23.6. The van der Waals surface area contributed by atoms with Gasteiger partial charge in [-0.2, -0.15) is 0 Å². The average Bonchev–Trinajstić information content (AvgIpc) is 2.27. The molecule has 1 fully saturated rings. The minimum atomic E-state index is -0.472. The van der Waals surface area contributed by atoms with Crippen molar-refractivity contribution in [3.63, 3.8) is 0 Å². The smallest absolute Gasteiger partial charge is 0.269 e. The summed E-state index contributed by atoms with van der Waals surface area (Å²) in [6, 6.07) is 6.01. The fourth-order valence-electron chi connectivity index (χ4n) is 1.71. The fraction of sp³-hybridized carbons (Fsp3) is 0.364. The molecule has 5 nitrogen and oxygen atoms in total. The largest absolute Gasteiger partial charge is 0.336 e. The topological polar surface area (TPSA) is 63.5 Å². The van der Waals surface area contributed by atoms with Crippen LogP contribution >= 0.6 is 0 Å². The molecular weight excluding hydrogens is 208 g/mol. The first-order valence-corrected chi connectivity index (χ1v) is 5.15. The highest BCUT2D eigenvalue weighted by Crippen LogP contribution is 2.21. The number of carbonyl (C=O) groups excluding carboxylic acids is 1. The van der Waals surface area contributed by atoms with Crippen molar-refractivity contribution in [2.75, 3.05) is 6.54 Å². The summed E-state index contributed by atoms with van der Waals surface area (Å²) < 4.78 is 0. The summed E-state index contributed by atoms with van der Waals surface area (Å²) in [6.07, 6.45) is 1.03. The molecule has 0 aromatic heterocycles. The van der Waals surface area contributed by atoms with Gasteiger partial charge in [-0.25, -0.2) is 0 Å². The van der Waals surface area contributed by atoms with Gasteiger partial charge in [0.25, 0.3) is 11.6 Å². The van der Waals surface area contributed by atoms with Crippen molar-refractivity contribution in [1.29, 1.82) is 0 Å². The van der Waals surface area contributed by atoms with Crippen molar-refractivity contribution >= 4 is 11.6 Å². The van der Waals surface area contributed by atoms with Gasteiger partial charge in [0.05, 0.1) is 4.92 Å². The predicted molar refractivity (Wildman–Crippen MR) is 58.2 cm³/mol. The quantitative estimate of drug-likeness (QED) is 0.564. The van der Waals surface area contributed by atoms with E-state index < -0.39 is 4.92 Å². The average molecular weight is 220 g/mol. The molecule has 1 heterocycles. The molecule has 1 saturated heterocycles. The van der Waals surface area contributed by atoms with E-state index in [2.05, 4.69) is 0 Å². The number of carbonyl (C=O) groups is 1. The van der Waals surface area contributed by atoms with Gasteiger partial charge in [-0.3, -0.25) is 14.9 Å². The molecule has 0 aliphatic carbocycles. The molecule has 0 N–H and O–H groups in total. The fourth-order valence-corrected chi connectivity index (χ4v) is 1.71. The van der Waals surface area contributed by atoms with Gasteiger partial charge in [-0.05, 0) is 25.5 Å². The minimum Gasteiger partial charge on any atom is -0.336 e. The van der Waals surface area contributed by atoms with Crippen LogP contribution in [0.25, 0.3) is 0 Å². The third-order valence-electron chi connectivity index (χ3n) is 2.91. The summed E-state index contributed by atoms with van der Waals surface area (Å²) in [5, 5.41) is 10.4. The Hall–Kier alpha value is -1.91. The molecule has 5 heteroatoms. The molecule has 1 amide bonds. The van der Waals surface area contributed by atoms with Crippen LogP contribution in [-0.4, -0.2) is 28.3 Å². The van der Waals surface area contributed by atoms with Crippen LogP contribution in [-0.2, 0) is 0 Å². The Morgan fingerprint density at radius 2 is 2.06 bits per heavy atom. The molecule has 1 aromatic rings. The summed E-state index contributed by atoms with van der Waals surface area (Å²) >= 11 is 0. The first-order chi connectivity index (χ1) is 7.59. The molecule has 1 atom stereocenters. The Bertz CT molecular complexity index is 427. The van der Waals surface area contributed by atoms with Gasteiger partial charge >= 0.3 is 0 Å². The van der Waals surface area contributed by atoms with Gasteiger partial charge in [-0.1, -0.05) is 0 Å². The van der Waals surface area contributed by atoms with E-state index >= 15 is 0 Å². The highest BCUT2D eigenvalue weighted by Gasteiger charge is 2.29. The minimum absolute atomic E-state index is 0.00760. The standard InChI is InChI=1S/C11H12N2O3/c1-8-6-7-12(8)11(14)9-2-4-10(5-3-9)13(15)16/h2-5,8H,6-7H2,1H3. The highest BCUT2D eigenvalue weighted by molar-refractivity contribution is 5.95. The number of hydrogen-bond donors (Lipinski definition) is 0. The number of likely N-dealkylation sites (tertiary alicyclic amines) is 1. The van der Waals surface area contributed by atoms with Gasteiger partial charge in [0, 0.05) is 30.3 Å². The molecule has 1 aliphatic rings. The zero-order chi connectivity index (χ0) is 11.7. The molecule has 0 saturated carbocycles. The van der Waals surface area contributed by atoms with E-state index in [0.29, 0.717) is 5.56 Å². The van der Waals surface area contributed by atoms with Crippen LogP contribution in [0.5, 0.6) is 0 Å². The van der Waals surface area contributed by atoms with Crippen molar-refractivity contribution in [1.82, 2.24) is 4.90 Å². The first-order valence-electron chi connectivity index (χ1n) is 5.15. The third kappa shape index (κ3) is 1.76. The number of rotatable bonds is 2. The maximum Gasteiger partial charge on any atom is 0.269 e. The predicted octanol–water partition coefficient (Wildman–Crippen LogP) is 1.83. The number of hydrogen-bond acceptors (Lipinski definition) is 3. The number of amides is 1. The van der Waals surface area contributed by atoms with Gasteiger partial charge in [0.2, 0.25) is 0 Å². The van der Waals surface area contributed by atoms with Crippen LogP contribution < -0.4 is 0 Å². The lowest BCUT2D eigenvalue weighted by Gasteiger charge is -2.38. The number of benzene rings is 1. The molecular formula is C11H12N2O3. The highest BCUT2D eigenvalue weighted by atomic mass is 16.6. The maximum absolute atomic E-state index is 11.9. The summed E-state index contributed by atoms with van der Waals surface area (Å²) in [5.41, 5.74) is 0.519. The van der Waals surface area contributed by atoms with Crippen LogP contribution in [0.1, 0.15) is 23.7 Å². The van der Waals surface area contributed by atoms with E-state index in [-0.39, 0.29) is 17.6 Å². The molecule has 0 radical (unpaired) electrons. The van der Waals surface area contributed by atoms with E-state index in [9.17, 15) is 14.9 Å². The van der Waals surface area contributed by atoms with E-state index in [1.54, 1.807) is 4.90 Å². The number of nitrogens with zero attached hydrogens (tertiary/aromatic N) is 2. The molecule has 0 bridgehead atoms. The maximum atomic E-state index is 11.9. The van der Waals surface area contributed by atoms with Crippen LogP contribution in [0.3, 0.4) is 0 Å². The molecule has 16 heavy (non-hydrogen) atoms.